The van der Waals surface area contributed by atoms with Crippen LogP contribution in [0.5, 0.6) is 0 Å². The molecule has 0 aliphatic carbocycles. The van der Waals surface area contributed by atoms with Gasteiger partial charge in [0.1, 0.15) is 16.8 Å². The molecule has 0 radical (unpaired) electrons. The fraction of sp³-hybridized carbons (Fsp3) is 0.455. The fourth-order valence-electron chi connectivity index (χ4n) is 2.21. The van der Waals surface area contributed by atoms with Crippen LogP contribution in [-0.4, -0.2) is 52.6 Å². The van der Waals surface area contributed by atoms with E-state index in [4.69, 9.17) is 4.74 Å². The number of nitrogens with one attached hydrogen (secondary N) is 2. The molecule has 0 amide bonds. The van der Waals surface area contributed by atoms with Crippen molar-refractivity contribution in [2.45, 2.75) is 17.9 Å². The number of hydrogen-bond acceptors (Lipinski definition) is 5. The summed E-state index contributed by atoms with van der Waals surface area (Å²) >= 11 is 0. The van der Waals surface area contributed by atoms with Crippen molar-refractivity contribution >= 4 is 10.0 Å². The summed E-state index contributed by atoms with van der Waals surface area (Å²) in [6.45, 7) is 2.81. The number of nitrogens with zero attached hydrogens (tertiary/aromatic N) is 3. The van der Waals surface area contributed by atoms with Crippen molar-refractivity contribution in [3.05, 3.63) is 30.1 Å². The highest BCUT2D eigenvalue weighted by Gasteiger charge is 2.36. The Morgan fingerprint density at radius 3 is 2.95 bits per heavy atom. The third kappa shape index (κ3) is 2.23. The molecule has 1 aliphatic rings. The Kier molecular flexibility index (Phi) is 3.32. The maximum atomic E-state index is 12.6. The second kappa shape index (κ2) is 5.00. The summed E-state index contributed by atoms with van der Waals surface area (Å²) in [4.78, 5) is 7.44. The SMILES string of the molecule is Cc1cnc([C@@H]2COCCN2S(=O)(=O)c2cn[nH]c2)[nH]1. The predicted octanol–water partition coefficient (Wildman–Crippen LogP) is 0.203. The van der Waals surface area contributed by atoms with Gasteiger partial charge in [0.25, 0.3) is 0 Å². The number of ether oxygens (including phenoxy) is 1. The van der Waals surface area contributed by atoms with Gasteiger partial charge in [0.15, 0.2) is 0 Å². The molecule has 1 saturated heterocycles. The molecule has 108 valence electrons. The molecule has 3 heterocycles. The first-order valence-electron chi connectivity index (χ1n) is 6.19. The van der Waals surface area contributed by atoms with E-state index >= 15 is 0 Å². The van der Waals surface area contributed by atoms with Crippen molar-refractivity contribution in [1.29, 1.82) is 0 Å². The summed E-state index contributed by atoms with van der Waals surface area (Å²) in [5.41, 5.74) is 0.881. The van der Waals surface area contributed by atoms with E-state index in [-0.39, 0.29) is 18.0 Å². The smallest absolute Gasteiger partial charge is 0.247 e. The molecule has 2 N–H and O–H groups in total. The molecule has 0 saturated carbocycles. The number of aromatic amines is 2. The summed E-state index contributed by atoms with van der Waals surface area (Å²) < 4.78 is 32.0. The number of rotatable bonds is 3. The van der Waals surface area contributed by atoms with Crippen LogP contribution >= 0.6 is 0 Å². The van der Waals surface area contributed by atoms with E-state index in [1.54, 1.807) is 6.20 Å². The molecule has 0 bridgehead atoms. The van der Waals surface area contributed by atoms with Crippen LogP contribution in [0.3, 0.4) is 0 Å². The minimum absolute atomic E-state index is 0.146. The van der Waals surface area contributed by atoms with E-state index in [9.17, 15) is 8.42 Å². The molecule has 0 aromatic carbocycles. The first kappa shape index (κ1) is 13.3. The summed E-state index contributed by atoms with van der Waals surface area (Å²) in [6.07, 6.45) is 4.34. The maximum Gasteiger partial charge on any atom is 0.247 e. The predicted molar refractivity (Wildman–Crippen MR) is 69.4 cm³/mol. The van der Waals surface area contributed by atoms with E-state index in [0.717, 1.165) is 5.69 Å². The van der Waals surface area contributed by atoms with E-state index in [1.165, 1.54) is 16.7 Å². The van der Waals surface area contributed by atoms with Crippen LogP contribution in [-0.2, 0) is 14.8 Å². The first-order chi connectivity index (χ1) is 9.59. The van der Waals surface area contributed by atoms with Crippen molar-refractivity contribution in [1.82, 2.24) is 24.5 Å². The fourth-order valence-corrected chi connectivity index (χ4v) is 3.68. The van der Waals surface area contributed by atoms with Crippen LogP contribution < -0.4 is 0 Å². The number of aromatic nitrogens is 4. The number of sulfonamides is 1. The Morgan fingerprint density at radius 1 is 1.45 bits per heavy atom. The Bertz CT molecular complexity index is 679. The van der Waals surface area contributed by atoms with Gasteiger partial charge in [0, 0.05) is 24.6 Å². The van der Waals surface area contributed by atoms with Crippen molar-refractivity contribution in [3.8, 4) is 0 Å². The van der Waals surface area contributed by atoms with Gasteiger partial charge in [-0.15, -0.1) is 0 Å². The summed E-state index contributed by atoms with van der Waals surface area (Å²) in [5.74, 6) is 0.592. The number of imidazole rings is 1. The second-order valence-corrected chi connectivity index (χ2v) is 6.48. The van der Waals surface area contributed by atoms with E-state index in [2.05, 4.69) is 20.2 Å². The molecule has 2 aromatic rings. The summed E-state index contributed by atoms with van der Waals surface area (Å²) in [6, 6.07) is -0.447. The van der Waals surface area contributed by atoms with Crippen LogP contribution in [0, 0.1) is 6.92 Å². The van der Waals surface area contributed by atoms with Gasteiger partial charge >= 0.3 is 0 Å². The lowest BCUT2D eigenvalue weighted by Gasteiger charge is -2.32. The van der Waals surface area contributed by atoms with Crippen LogP contribution in [0.1, 0.15) is 17.6 Å². The van der Waals surface area contributed by atoms with Gasteiger partial charge in [-0.2, -0.15) is 9.40 Å². The number of aryl methyl sites for hydroxylation is 1. The Balaban J connectivity index is 1.97. The number of hydrogen-bond donors (Lipinski definition) is 2. The molecular weight excluding hydrogens is 282 g/mol. The molecule has 1 atom stereocenters. The van der Waals surface area contributed by atoms with Gasteiger partial charge in [-0.3, -0.25) is 5.10 Å². The molecule has 0 spiro atoms. The zero-order chi connectivity index (χ0) is 14.2. The van der Waals surface area contributed by atoms with Crippen molar-refractivity contribution in [2.24, 2.45) is 0 Å². The van der Waals surface area contributed by atoms with Crippen molar-refractivity contribution < 1.29 is 13.2 Å². The largest absolute Gasteiger partial charge is 0.378 e. The Hall–Kier alpha value is -1.71. The van der Waals surface area contributed by atoms with Crippen LogP contribution in [0.25, 0.3) is 0 Å². The van der Waals surface area contributed by atoms with Crippen molar-refractivity contribution in [2.75, 3.05) is 19.8 Å². The van der Waals surface area contributed by atoms with Crippen LogP contribution in [0.2, 0.25) is 0 Å². The standard InChI is InChI=1S/C11H15N5O3S/c1-8-4-12-11(15-8)10-7-19-3-2-16(10)20(17,18)9-5-13-14-6-9/h4-6,10H,2-3,7H2,1H3,(H,12,15)(H,13,14)/t10-/m0/s1. The first-order valence-corrected chi connectivity index (χ1v) is 7.63. The van der Waals surface area contributed by atoms with E-state index in [1.807, 2.05) is 6.92 Å². The Morgan fingerprint density at radius 2 is 2.30 bits per heavy atom. The average Bonchev–Trinajstić information content (AvgIpc) is 3.10. The van der Waals surface area contributed by atoms with Crippen LogP contribution in [0.15, 0.2) is 23.5 Å². The highest BCUT2D eigenvalue weighted by atomic mass is 32.2. The minimum Gasteiger partial charge on any atom is -0.378 e. The van der Waals surface area contributed by atoms with Crippen molar-refractivity contribution in [3.63, 3.8) is 0 Å². The Labute approximate surface area is 116 Å². The van der Waals surface area contributed by atoms with Gasteiger partial charge in [0.05, 0.1) is 19.4 Å². The normalized spacial score (nSPS) is 21.1. The zero-order valence-corrected chi connectivity index (χ0v) is 11.7. The second-order valence-electron chi connectivity index (χ2n) is 4.59. The number of H-pyrrole nitrogens is 2. The van der Waals surface area contributed by atoms with E-state index < -0.39 is 16.1 Å². The van der Waals surface area contributed by atoms with Gasteiger partial charge in [0.2, 0.25) is 10.0 Å². The monoisotopic (exact) mass is 297 g/mol. The molecule has 2 aromatic heterocycles. The quantitative estimate of drug-likeness (QED) is 0.842. The molecule has 1 fully saturated rings. The minimum atomic E-state index is -3.61. The topological polar surface area (TPSA) is 104 Å². The maximum absolute atomic E-state index is 12.6. The molecule has 20 heavy (non-hydrogen) atoms. The summed E-state index contributed by atoms with van der Waals surface area (Å²) in [7, 11) is -3.61. The third-order valence-corrected chi connectivity index (χ3v) is 5.07. The highest BCUT2D eigenvalue weighted by molar-refractivity contribution is 7.89. The lowest BCUT2D eigenvalue weighted by Crippen LogP contribution is -2.43. The van der Waals surface area contributed by atoms with Gasteiger partial charge < -0.3 is 9.72 Å². The molecule has 3 rings (SSSR count). The highest BCUT2D eigenvalue weighted by Crippen LogP contribution is 2.28. The van der Waals surface area contributed by atoms with Crippen LogP contribution in [0.4, 0.5) is 0 Å². The molecule has 0 unspecified atom stereocenters. The van der Waals surface area contributed by atoms with Gasteiger partial charge in [-0.05, 0) is 6.92 Å². The third-order valence-electron chi connectivity index (χ3n) is 3.20. The molecule has 8 nitrogen and oxygen atoms in total. The lowest BCUT2D eigenvalue weighted by molar-refractivity contribution is 0.0292. The van der Waals surface area contributed by atoms with Gasteiger partial charge in [-0.1, -0.05) is 0 Å². The molecule has 9 heteroatoms. The average molecular weight is 297 g/mol. The number of morpholine rings is 1. The molecule has 1 aliphatic heterocycles. The molecular formula is C11H15N5O3S. The lowest BCUT2D eigenvalue weighted by atomic mass is 10.2. The van der Waals surface area contributed by atoms with Gasteiger partial charge in [-0.25, -0.2) is 13.4 Å². The zero-order valence-electron chi connectivity index (χ0n) is 10.9. The summed E-state index contributed by atoms with van der Waals surface area (Å²) in [5, 5.41) is 6.22. The van der Waals surface area contributed by atoms with E-state index in [0.29, 0.717) is 12.4 Å².